The van der Waals surface area contributed by atoms with Gasteiger partial charge in [0.15, 0.2) is 0 Å². The zero-order chi connectivity index (χ0) is 16.4. The van der Waals surface area contributed by atoms with E-state index in [1.54, 1.807) is 0 Å². The van der Waals surface area contributed by atoms with Crippen LogP contribution in [0.1, 0.15) is 40.5 Å². The van der Waals surface area contributed by atoms with Gasteiger partial charge in [-0.25, -0.2) is 9.59 Å². The number of nitrogens with zero attached hydrogens (tertiary/aromatic N) is 1. The zero-order valence-corrected chi connectivity index (χ0v) is 13.6. The molecular formula is C15H25NO5. The SMILES string of the molecule is COC(=O)C=C(C(=O)OC)N1C(C)(C)CC(O)CC1(C)C. The Labute approximate surface area is 125 Å². The fourth-order valence-electron chi connectivity index (χ4n) is 3.37. The third-order valence-corrected chi connectivity index (χ3v) is 3.77. The number of rotatable bonds is 3. The Balaban J connectivity index is 3.35. The molecule has 0 aliphatic carbocycles. The molecule has 0 amide bonds. The molecular weight excluding hydrogens is 274 g/mol. The van der Waals surface area contributed by atoms with Crippen molar-refractivity contribution >= 4 is 11.9 Å². The molecule has 21 heavy (non-hydrogen) atoms. The van der Waals surface area contributed by atoms with Crippen LogP contribution in [-0.2, 0) is 19.1 Å². The highest BCUT2D eigenvalue weighted by atomic mass is 16.5. The lowest BCUT2D eigenvalue weighted by Gasteiger charge is -2.55. The van der Waals surface area contributed by atoms with Crippen LogP contribution >= 0.6 is 0 Å². The fraction of sp³-hybridized carbons (Fsp3) is 0.733. The van der Waals surface area contributed by atoms with Crippen LogP contribution in [0.15, 0.2) is 11.8 Å². The minimum Gasteiger partial charge on any atom is -0.466 e. The number of hydrogen-bond acceptors (Lipinski definition) is 6. The minimum absolute atomic E-state index is 0.145. The summed E-state index contributed by atoms with van der Waals surface area (Å²) in [5.41, 5.74) is -0.865. The molecule has 1 aliphatic heterocycles. The van der Waals surface area contributed by atoms with Gasteiger partial charge in [-0.05, 0) is 40.5 Å². The van der Waals surface area contributed by atoms with Crippen molar-refractivity contribution in [3.05, 3.63) is 11.8 Å². The minimum atomic E-state index is -0.617. The van der Waals surface area contributed by atoms with Gasteiger partial charge in [0, 0.05) is 11.1 Å². The maximum absolute atomic E-state index is 12.1. The summed E-state index contributed by atoms with van der Waals surface area (Å²) in [5, 5.41) is 10.0. The third kappa shape index (κ3) is 3.75. The summed E-state index contributed by atoms with van der Waals surface area (Å²) in [6.07, 6.45) is 1.67. The summed E-state index contributed by atoms with van der Waals surface area (Å²) in [4.78, 5) is 25.5. The predicted molar refractivity (Wildman–Crippen MR) is 77.4 cm³/mol. The molecule has 0 aromatic rings. The molecule has 1 heterocycles. The van der Waals surface area contributed by atoms with Crippen molar-refractivity contribution in [3.8, 4) is 0 Å². The molecule has 0 bridgehead atoms. The number of aliphatic hydroxyl groups is 1. The maximum Gasteiger partial charge on any atom is 0.354 e. The van der Waals surface area contributed by atoms with Crippen molar-refractivity contribution in [3.63, 3.8) is 0 Å². The van der Waals surface area contributed by atoms with Gasteiger partial charge in [-0.15, -0.1) is 0 Å². The summed E-state index contributed by atoms with van der Waals surface area (Å²) in [6.45, 7) is 7.69. The van der Waals surface area contributed by atoms with Crippen molar-refractivity contribution < 1.29 is 24.2 Å². The Morgan fingerprint density at radius 2 is 1.57 bits per heavy atom. The van der Waals surface area contributed by atoms with Gasteiger partial charge in [0.05, 0.1) is 26.4 Å². The van der Waals surface area contributed by atoms with E-state index in [2.05, 4.69) is 4.74 Å². The lowest BCUT2D eigenvalue weighted by atomic mass is 9.77. The third-order valence-electron chi connectivity index (χ3n) is 3.77. The second-order valence-corrected chi connectivity index (χ2v) is 6.57. The fourth-order valence-corrected chi connectivity index (χ4v) is 3.37. The van der Waals surface area contributed by atoms with E-state index in [-0.39, 0.29) is 5.70 Å². The number of esters is 2. The van der Waals surface area contributed by atoms with Crippen molar-refractivity contribution in [1.29, 1.82) is 0 Å². The van der Waals surface area contributed by atoms with E-state index in [4.69, 9.17) is 4.74 Å². The van der Waals surface area contributed by atoms with Gasteiger partial charge >= 0.3 is 11.9 Å². The molecule has 6 heteroatoms. The molecule has 6 nitrogen and oxygen atoms in total. The number of hydrogen-bond donors (Lipinski definition) is 1. The van der Waals surface area contributed by atoms with Crippen LogP contribution in [0.25, 0.3) is 0 Å². The van der Waals surface area contributed by atoms with E-state index in [0.717, 1.165) is 6.08 Å². The quantitative estimate of drug-likeness (QED) is 0.624. The number of piperidine rings is 1. The molecule has 0 atom stereocenters. The molecule has 0 spiro atoms. The standard InChI is InChI=1S/C15H25NO5/c1-14(2)8-10(17)9-15(3,4)16(14)11(13(19)21-6)7-12(18)20-5/h7,10,17H,8-9H2,1-6H3. The molecule has 0 radical (unpaired) electrons. The van der Waals surface area contributed by atoms with Gasteiger partial charge in [-0.1, -0.05) is 0 Å². The smallest absolute Gasteiger partial charge is 0.354 e. The van der Waals surface area contributed by atoms with Crippen molar-refractivity contribution in [1.82, 2.24) is 4.90 Å². The summed E-state index contributed by atoms with van der Waals surface area (Å²) in [7, 11) is 2.52. The first-order valence-electron chi connectivity index (χ1n) is 6.91. The Hall–Kier alpha value is -1.56. The average Bonchev–Trinajstić information content (AvgIpc) is 2.33. The van der Waals surface area contributed by atoms with E-state index >= 15 is 0 Å². The molecule has 1 rings (SSSR count). The van der Waals surface area contributed by atoms with E-state index in [9.17, 15) is 14.7 Å². The number of methoxy groups -OCH3 is 2. The molecule has 1 saturated heterocycles. The van der Waals surface area contributed by atoms with Gasteiger partial charge in [0.1, 0.15) is 5.70 Å². The number of carbonyl (C=O) groups is 2. The highest BCUT2D eigenvalue weighted by Crippen LogP contribution is 2.41. The molecule has 0 unspecified atom stereocenters. The van der Waals surface area contributed by atoms with Crippen molar-refractivity contribution in [2.75, 3.05) is 14.2 Å². The van der Waals surface area contributed by atoms with Crippen LogP contribution in [0, 0.1) is 0 Å². The lowest BCUT2D eigenvalue weighted by Crippen LogP contribution is -2.62. The summed E-state index contributed by atoms with van der Waals surface area (Å²) in [6, 6.07) is 0. The monoisotopic (exact) mass is 299 g/mol. The average molecular weight is 299 g/mol. The normalized spacial score (nSPS) is 21.9. The van der Waals surface area contributed by atoms with Crippen molar-refractivity contribution in [2.45, 2.75) is 57.7 Å². The highest BCUT2D eigenvalue weighted by molar-refractivity contribution is 5.96. The van der Waals surface area contributed by atoms with Gasteiger partial charge in [0.2, 0.25) is 0 Å². The zero-order valence-electron chi connectivity index (χ0n) is 13.6. The van der Waals surface area contributed by atoms with E-state index in [1.165, 1.54) is 14.2 Å². The van der Waals surface area contributed by atoms with Crippen LogP contribution < -0.4 is 0 Å². The summed E-state index contributed by atoms with van der Waals surface area (Å²) < 4.78 is 9.43. The van der Waals surface area contributed by atoms with Gasteiger partial charge in [-0.2, -0.15) is 0 Å². The van der Waals surface area contributed by atoms with Crippen LogP contribution in [0.3, 0.4) is 0 Å². The largest absolute Gasteiger partial charge is 0.466 e. The second-order valence-electron chi connectivity index (χ2n) is 6.57. The molecule has 120 valence electrons. The molecule has 1 N–H and O–H groups in total. The van der Waals surface area contributed by atoms with E-state index < -0.39 is 29.1 Å². The van der Waals surface area contributed by atoms with Gasteiger partial charge < -0.3 is 19.5 Å². The first-order valence-corrected chi connectivity index (χ1v) is 6.91. The maximum atomic E-state index is 12.1. The predicted octanol–water partition coefficient (Wildman–Crippen LogP) is 1.23. The Bertz CT molecular complexity index is 435. The van der Waals surface area contributed by atoms with E-state index in [0.29, 0.717) is 12.8 Å². The van der Waals surface area contributed by atoms with Gasteiger partial charge in [-0.3, -0.25) is 0 Å². The number of aliphatic hydroxyl groups excluding tert-OH is 1. The second kappa shape index (κ2) is 6.05. The first-order chi connectivity index (χ1) is 9.55. The Morgan fingerprint density at radius 3 is 1.95 bits per heavy atom. The van der Waals surface area contributed by atoms with Crippen LogP contribution in [-0.4, -0.2) is 53.3 Å². The Morgan fingerprint density at radius 1 is 1.10 bits per heavy atom. The summed E-state index contributed by atoms with van der Waals surface area (Å²) >= 11 is 0. The number of ether oxygens (including phenoxy) is 2. The molecule has 1 aliphatic rings. The van der Waals surface area contributed by atoms with Crippen molar-refractivity contribution in [2.24, 2.45) is 0 Å². The van der Waals surface area contributed by atoms with E-state index in [1.807, 2.05) is 32.6 Å². The number of carbonyl (C=O) groups excluding carboxylic acids is 2. The van der Waals surface area contributed by atoms with Crippen LogP contribution in [0.4, 0.5) is 0 Å². The number of likely N-dealkylation sites (tertiary alicyclic amines) is 1. The first kappa shape index (κ1) is 17.5. The Kier molecular flexibility index (Phi) is 5.04. The van der Waals surface area contributed by atoms with Crippen LogP contribution in [0.2, 0.25) is 0 Å². The molecule has 0 saturated carbocycles. The molecule has 0 aromatic heterocycles. The molecule has 0 aromatic carbocycles. The van der Waals surface area contributed by atoms with Crippen LogP contribution in [0.5, 0.6) is 0 Å². The summed E-state index contributed by atoms with van der Waals surface area (Å²) in [5.74, 6) is -1.22. The molecule has 1 fully saturated rings. The topological polar surface area (TPSA) is 76.1 Å². The van der Waals surface area contributed by atoms with Gasteiger partial charge in [0.25, 0.3) is 0 Å². The highest BCUT2D eigenvalue weighted by Gasteiger charge is 2.47. The lowest BCUT2D eigenvalue weighted by molar-refractivity contribution is -0.145.